The van der Waals surface area contributed by atoms with E-state index in [1.807, 2.05) is 0 Å². The van der Waals surface area contributed by atoms with Gasteiger partial charge < -0.3 is 15.0 Å². The van der Waals surface area contributed by atoms with Gasteiger partial charge in [-0.1, -0.05) is 0 Å². The van der Waals surface area contributed by atoms with E-state index in [0.29, 0.717) is 18.5 Å². The molecule has 0 saturated carbocycles. The molecule has 0 aromatic rings. The molecule has 3 aliphatic rings. The first kappa shape index (κ1) is 20.2. The number of nitrogens with one attached hydrogen (secondary N) is 1. The lowest BCUT2D eigenvalue weighted by Gasteiger charge is -2.27. The highest BCUT2D eigenvalue weighted by Gasteiger charge is 2.42. The normalized spacial score (nSPS) is 31.7. The molecule has 3 rings (SSSR count). The Hall–Kier alpha value is -0.130. The molecule has 7 nitrogen and oxygen atoms in total. The van der Waals surface area contributed by atoms with Gasteiger partial charge in [-0.25, -0.2) is 8.42 Å². The minimum Gasteiger partial charge on any atom is -0.381 e. The average Bonchev–Trinajstić information content (AvgIpc) is 3.22. The van der Waals surface area contributed by atoms with Gasteiger partial charge in [-0.15, -0.1) is 24.0 Å². The quantitative estimate of drug-likeness (QED) is 0.372. The molecule has 1 unspecified atom stereocenters. The van der Waals surface area contributed by atoms with E-state index in [1.54, 1.807) is 11.4 Å². The van der Waals surface area contributed by atoms with Gasteiger partial charge in [-0.3, -0.25) is 4.99 Å². The molecule has 0 radical (unpaired) electrons. The number of guanidine groups is 1. The first-order valence-corrected chi connectivity index (χ1v) is 10.3. The van der Waals surface area contributed by atoms with Gasteiger partial charge in [0, 0.05) is 51.3 Å². The summed E-state index contributed by atoms with van der Waals surface area (Å²) < 4.78 is 30.8. The average molecular weight is 472 g/mol. The lowest BCUT2D eigenvalue weighted by atomic mass is 9.87. The molecule has 0 aromatic carbocycles. The Labute approximate surface area is 162 Å². The topological polar surface area (TPSA) is 74.2 Å². The molecular weight excluding hydrogens is 443 g/mol. The largest absolute Gasteiger partial charge is 0.381 e. The Morgan fingerprint density at radius 2 is 2.17 bits per heavy atom. The second-order valence-electron chi connectivity index (χ2n) is 7.07. The standard InChI is InChI=1S/C15H28N4O3S.HI/c1-16-14(18-8-5-15(11-18)6-9-22-12-15)17-10-13-4-3-7-19(13)23(2,20)21;/h13H,3-12H2,1-2H3,(H,16,17);1H/t13-,15?;/m1./s1. The number of aliphatic imine (C=N–C) groups is 1. The molecule has 0 bridgehead atoms. The lowest BCUT2D eigenvalue weighted by molar-refractivity contribution is 0.156. The molecule has 3 saturated heterocycles. The molecule has 1 spiro atoms. The van der Waals surface area contributed by atoms with Crippen molar-refractivity contribution in [3.8, 4) is 0 Å². The summed E-state index contributed by atoms with van der Waals surface area (Å²) in [6.07, 6.45) is 5.42. The van der Waals surface area contributed by atoms with Gasteiger partial charge in [0.1, 0.15) is 0 Å². The highest BCUT2D eigenvalue weighted by atomic mass is 127. The van der Waals surface area contributed by atoms with Crippen LogP contribution in [0.3, 0.4) is 0 Å². The summed E-state index contributed by atoms with van der Waals surface area (Å²) in [7, 11) is -1.33. The summed E-state index contributed by atoms with van der Waals surface area (Å²) in [5.74, 6) is 0.883. The fourth-order valence-electron chi connectivity index (χ4n) is 4.08. The van der Waals surface area contributed by atoms with Crippen molar-refractivity contribution in [3.63, 3.8) is 0 Å². The van der Waals surface area contributed by atoms with Crippen LogP contribution in [0.5, 0.6) is 0 Å². The van der Waals surface area contributed by atoms with Crippen LogP contribution >= 0.6 is 24.0 Å². The summed E-state index contributed by atoms with van der Waals surface area (Å²) in [4.78, 5) is 6.68. The second-order valence-corrected chi connectivity index (χ2v) is 9.01. The van der Waals surface area contributed by atoms with Crippen molar-refractivity contribution < 1.29 is 13.2 Å². The third-order valence-electron chi connectivity index (χ3n) is 5.38. The summed E-state index contributed by atoms with van der Waals surface area (Å²) in [6.45, 7) is 4.94. The van der Waals surface area contributed by atoms with Crippen LogP contribution in [0.1, 0.15) is 25.7 Å². The SMILES string of the molecule is CN=C(NC[C@H]1CCCN1S(C)(=O)=O)N1CCC2(CCOC2)C1.I. The molecule has 2 atom stereocenters. The smallest absolute Gasteiger partial charge is 0.211 e. The molecule has 3 aliphatic heterocycles. The van der Waals surface area contributed by atoms with E-state index < -0.39 is 10.0 Å². The van der Waals surface area contributed by atoms with Gasteiger partial charge in [0.2, 0.25) is 10.0 Å². The summed E-state index contributed by atoms with van der Waals surface area (Å²) in [5.41, 5.74) is 0.295. The van der Waals surface area contributed by atoms with Crippen molar-refractivity contribution in [1.29, 1.82) is 0 Å². The molecule has 9 heteroatoms. The highest BCUT2D eigenvalue weighted by Crippen LogP contribution is 2.38. The fourth-order valence-corrected chi connectivity index (χ4v) is 5.26. The number of nitrogens with zero attached hydrogens (tertiary/aromatic N) is 3. The Balaban J connectivity index is 0.00000208. The van der Waals surface area contributed by atoms with Crippen LogP contribution in [-0.2, 0) is 14.8 Å². The summed E-state index contributed by atoms with van der Waals surface area (Å²) >= 11 is 0. The van der Waals surface area contributed by atoms with Crippen molar-refractivity contribution in [2.75, 3.05) is 52.7 Å². The number of ether oxygens (including phenoxy) is 1. The molecular formula is C15H29IN4O3S. The van der Waals surface area contributed by atoms with Crippen molar-refractivity contribution >= 4 is 40.0 Å². The highest BCUT2D eigenvalue weighted by molar-refractivity contribution is 14.0. The van der Waals surface area contributed by atoms with E-state index >= 15 is 0 Å². The number of rotatable bonds is 3. The summed E-state index contributed by atoms with van der Waals surface area (Å²) in [6, 6.07) is 0.0353. The Kier molecular flexibility index (Phi) is 6.77. The second kappa shape index (κ2) is 8.05. The molecule has 140 valence electrons. The van der Waals surface area contributed by atoms with Crippen molar-refractivity contribution in [2.24, 2.45) is 10.4 Å². The Morgan fingerprint density at radius 1 is 1.38 bits per heavy atom. The fraction of sp³-hybridized carbons (Fsp3) is 0.933. The molecule has 0 amide bonds. The van der Waals surface area contributed by atoms with Gasteiger partial charge in [0.05, 0.1) is 12.9 Å². The van der Waals surface area contributed by atoms with E-state index in [1.165, 1.54) is 6.26 Å². The van der Waals surface area contributed by atoms with Crippen molar-refractivity contribution in [2.45, 2.75) is 31.7 Å². The van der Waals surface area contributed by atoms with Crippen molar-refractivity contribution in [3.05, 3.63) is 0 Å². The van der Waals surface area contributed by atoms with Gasteiger partial charge in [-0.05, 0) is 25.7 Å². The summed E-state index contributed by atoms with van der Waals surface area (Å²) in [5, 5.41) is 3.39. The molecule has 24 heavy (non-hydrogen) atoms. The molecule has 3 fully saturated rings. The number of hydrogen-bond acceptors (Lipinski definition) is 4. The number of likely N-dealkylation sites (tertiary alicyclic amines) is 1. The molecule has 1 N–H and O–H groups in total. The van der Waals surface area contributed by atoms with Crippen LogP contribution in [0.2, 0.25) is 0 Å². The minimum atomic E-state index is -3.12. The Bertz CT molecular complexity index is 563. The predicted molar refractivity (Wildman–Crippen MR) is 105 cm³/mol. The lowest BCUT2D eigenvalue weighted by Crippen LogP contribution is -2.47. The van der Waals surface area contributed by atoms with Crippen LogP contribution in [0.15, 0.2) is 4.99 Å². The zero-order valence-electron chi connectivity index (χ0n) is 14.5. The van der Waals surface area contributed by atoms with E-state index in [2.05, 4.69) is 15.2 Å². The maximum Gasteiger partial charge on any atom is 0.211 e. The van der Waals surface area contributed by atoms with Crippen LogP contribution in [0.4, 0.5) is 0 Å². The van der Waals surface area contributed by atoms with E-state index in [-0.39, 0.29) is 30.0 Å². The van der Waals surface area contributed by atoms with Gasteiger partial charge >= 0.3 is 0 Å². The zero-order valence-corrected chi connectivity index (χ0v) is 17.7. The van der Waals surface area contributed by atoms with Crippen molar-refractivity contribution in [1.82, 2.24) is 14.5 Å². The van der Waals surface area contributed by atoms with E-state index in [9.17, 15) is 8.42 Å². The molecule has 3 heterocycles. The maximum atomic E-state index is 11.8. The van der Waals surface area contributed by atoms with Crippen LogP contribution in [-0.4, -0.2) is 82.3 Å². The Morgan fingerprint density at radius 3 is 2.79 bits per heavy atom. The van der Waals surface area contributed by atoms with E-state index in [0.717, 1.165) is 57.9 Å². The van der Waals surface area contributed by atoms with Gasteiger partial charge in [0.25, 0.3) is 0 Å². The minimum absolute atomic E-state index is 0. The van der Waals surface area contributed by atoms with Crippen LogP contribution in [0.25, 0.3) is 0 Å². The number of sulfonamides is 1. The van der Waals surface area contributed by atoms with Crippen LogP contribution in [0, 0.1) is 5.41 Å². The molecule has 0 aromatic heterocycles. The third-order valence-corrected chi connectivity index (χ3v) is 6.71. The van der Waals surface area contributed by atoms with Crippen LogP contribution < -0.4 is 5.32 Å². The van der Waals surface area contributed by atoms with E-state index in [4.69, 9.17) is 4.74 Å². The monoisotopic (exact) mass is 472 g/mol. The van der Waals surface area contributed by atoms with Gasteiger partial charge in [-0.2, -0.15) is 4.31 Å². The van der Waals surface area contributed by atoms with Gasteiger partial charge in [0.15, 0.2) is 5.96 Å². The maximum absolute atomic E-state index is 11.8. The molecule has 0 aliphatic carbocycles. The predicted octanol–water partition coefficient (Wildman–Crippen LogP) is 0.716. The third kappa shape index (κ3) is 4.34. The number of hydrogen-bond donors (Lipinski definition) is 1. The first-order valence-electron chi connectivity index (χ1n) is 8.44. The zero-order chi connectivity index (χ0) is 16.5. The first-order chi connectivity index (χ1) is 10.9. The number of halogens is 1.